The fraction of sp³-hybridized carbons (Fsp3) is 0.444. The molecule has 0 saturated heterocycles. The number of rotatable bonds is 4. The number of carbonyl (C=O) groups is 2. The molecule has 1 atom stereocenters. The molecule has 0 aliphatic carbocycles. The minimum atomic E-state index is -0.206. The second-order valence-corrected chi connectivity index (χ2v) is 7.53. The minimum absolute atomic E-state index is 0.0138. The Hall–Kier alpha value is -2.15. The Kier molecular flexibility index (Phi) is 4.33. The quantitative estimate of drug-likeness (QED) is 0.673. The Morgan fingerprint density at radius 3 is 3.08 bits per heavy atom. The smallest absolute Gasteiger partial charge is 0.231 e. The molecule has 0 saturated carbocycles. The highest BCUT2D eigenvalue weighted by molar-refractivity contribution is 7.99. The van der Waals surface area contributed by atoms with Gasteiger partial charge in [-0.2, -0.15) is 0 Å². The van der Waals surface area contributed by atoms with Crippen LogP contribution in [0.1, 0.15) is 53.8 Å². The van der Waals surface area contributed by atoms with Gasteiger partial charge in [-0.05, 0) is 43.5 Å². The number of nitrogens with zero attached hydrogens (tertiary/aromatic N) is 3. The average molecular weight is 356 g/mol. The van der Waals surface area contributed by atoms with Crippen molar-refractivity contribution in [1.29, 1.82) is 0 Å². The van der Waals surface area contributed by atoms with Crippen molar-refractivity contribution in [2.24, 2.45) is 0 Å². The van der Waals surface area contributed by atoms with E-state index in [2.05, 4.69) is 20.1 Å². The van der Waals surface area contributed by atoms with Gasteiger partial charge in [0.15, 0.2) is 10.9 Å². The van der Waals surface area contributed by atoms with Crippen molar-refractivity contribution in [2.45, 2.75) is 50.2 Å². The van der Waals surface area contributed by atoms with Crippen molar-refractivity contribution in [2.75, 3.05) is 11.1 Å². The number of benzene rings is 1. The molecule has 1 amide bonds. The van der Waals surface area contributed by atoms with Gasteiger partial charge in [-0.1, -0.05) is 18.2 Å². The van der Waals surface area contributed by atoms with Gasteiger partial charge in [0.1, 0.15) is 5.82 Å². The summed E-state index contributed by atoms with van der Waals surface area (Å²) in [6, 6.07) is 5.44. The Morgan fingerprint density at radius 1 is 1.32 bits per heavy atom. The number of amides is 1. The molecule has 2 aromatic rings. The van der Waals surface area contributed by atoms with E-state index in [1.54, 1.807) is 6.07 Å². The molecule has 2 aliphatic heterocycles. The fourth-order valence-electron chi connectivity index (χ4n) is 3.37. The number of carbonyl (C=O) groups excluding carboxylic acids is 2. The van der Waals surface area contributed by atoms with Crippen LogP contribution in [0.2, 0.25) is 0 Å². The summed E-state index contributed by atoms with van der Waals surface area (Å²) in [5.74, 6) is 1.18. The largest absolute Gasteiger partial charge is 0.325 e. The second kappa shape index (κ2) is 6.63. The van der Waals surface area contributed by atoms with E-state index in [0.29, 0.717) is 11.3 Å². The van der Waals surface area contributed by atoms with Crippen molar-refractivity contribution < 1.29 is 9.59 Å². The molecule has 0 fully saturated rings. The van der Waals surface area contributed by atoms with E-state index < -0.39 is 0 Å². The predicted molar refractivity (Wildman–Crippen MR) is 96.1 cm³/mol. The van der Waals surface area contributed by atoms with E-state index in [9.17, 15) is 9.59 Å². The highest BCUT2D eigenvalue weighted by Gasteiger charge is 2.27. The first-order valence-electron chi connectivity index (χ1n) is 8.66. The normalized spacial score (nSPS) is 19.1. The topological polar surface area (TPSA) is 76.9 Å². The molecule has 1 N–H and O–H groups in total. The third-order valence-corrected chi connectivity index (χ3v) is 5.87. The van der Waals surface area contributed by atoms with Crippen LogP contribution in [-0.4, -0.2) is 32.2 Å². The summed E-state index contributed by atoms with van der Waals surface area (Å²) < 4.78 is 2.15. The highest BCUT2D eigenvalue weighted by Crippen LogP contribution is 2.33. The van der Waals surface area contributed by atoms with Gasteiger partial charge in [0.2, 0.25) is 5.91 Å². The van der Waals surface area contributed by atoms with Gasteiger partial charge in [0.05, 0.1) is 11.7 Å². The van der Waals surface area contributed by atoms with Crippen LogP contribution >= 0.6 is 11.8 Å². The summed E-state index contributed by atoms with van der Waals surface area (Å²) >= 11 is 1.45. The van der Waals surface area contributed by atoms with Crippen molar-refractivity contribution in [3.8, 4) is 0 Å². The molecular weight excluding hydrogens is 336 g/mol. The number of Topliss-reactive ketones (excluding diaryl/α,β-unsaturated/α-hetero) is 1. The average Bonchev–Trinajstić information content (AvgIpc) is 3.02. The van der Waals surface area contributed by atoms with Crippen molar-refractivity contribution in [3.63, 3.8) is 0 Å². The maximum Gasteiger partial charge on any atom is 0.231 e. The number of nitrogens with one attached hydrogen (secondary N) is 1. The van der Waals surface area contributed by atoms with Crippen molar-refractivity contribution in [1.82, 2.24) is 14.8 Å². The number of anilines is 1. The predicted octanol–water partition coefficient (Wildman–Crippen LogP) is 3.04. The summed E-state index contributed by atoms with van der Waals surface area (Å²) in [6.07, 6.45) is 4.47. The highest BCUT2D eigenvalue weighted by atomic mass is 32.2. The number of hydrogen-bond donors (Lipinski definition) is 1. The number of fused-ring (bicyclic) bond motifs is 2. The molecule has 130 valence electrons. The molecule has 1 aromatic heterocycles. The first kappa shape index (κ1) is 16.3. The van der Waals surface area contributed by atoms with E-state index in [-0.39, 0.29) is 17.6 Å². The van der Waals surface area contributed by atoms with E-state index >= 15 is 0 Å². The van der Waals surface area contributed by atoms with Crippen molar-refractivity contribution >= 4 is 29.1 Å². The third kappa shape index (κ3) is 3.08. The van der Waals surface area contributed by atoms with Gasteiger partial charge in [-0.3, -0.25) is 9.59 Å². The van der Waals surface area contributed by atoms with Crippen LogP contribution in [0, 0.1) is 0 Å². The third-order valence-electron chi connectivity index (χ3n) is 4.90. The molecule has 2 aliphatic rings. The lowest BCUT2D eigenvalue weighted by Gasteiger charge is -2.07. The molecule has 0 unspecified atom stereocenters. The van der Waals surface area contributed by atoms with Crippen LogP contribution in [0.3, 0.4) is 0 Å². The zero-order chi connectivity index (χ0) is 17.4. The van der Waals surface area contributed by atoms with Gasteiger partial charge in [-0.15, -0.1) is 10.2 Å². The molecule has 3 heterocycles. The SMILES string of the molecule is C[C@H]1C(=O)Nc2ccc(C(=O)CSc3nnc4n3CCCCC4)cc21. The van der Waals surface area contributed by atoms with E-state index in [1.807, 2.05) is 19.1 Å². The number of aryl methyl sites for hydroxylation is 1. The Labute approximate surface area is 150 Å². The maximum absolute atomic E-state index is 12.6. The molecule has 0 radical (unpaired) electrons. The van der Waals surface area contributed by atoms with E-state index in [0.717, 1.165) is 48.0 Å². The van der Waals surface area contributed by atoms with E-state index in [1.165, 1.54) is 18.2 Å². The zero-order valence-electron chi connectivity index (χ0n) is 14.1. The molecule has 6 nitrogen and oxygen atoms in total. The van der Waals surface area contributed by atoms with Gasteiger partial charge in [0.25, 0.3) is 0 Å². The van der Waals surface area contributed by atoms with Crippen LogP contribution < -0.4 is 5.32 Å². The van der Waals surface area contributed by atoms with Gasteiger partial charge >= 0.3 is 0 Å². The number of thioether (sulfide) groups is 1. The molecule has 25 heavy (non-hydrogen) atoms. The van der Waals surface area contributed by atoms with Crippen LogP contribution in [0.15, 0.2) is 23.4 Å². The Balaban J connectivity index is 1.47. The van der Waals surface area contributed by atoms with Gasteiger partial charge in [0, 0.05) is 24.2 Å². The van der Waals surface area contributed by atoms with Crippen molar-refractivity contribution in [3.05, 3.63) is 35.2 Å². The summed E-state index contributed by atoms with van der Waals surface area (Å²) in [5, 5.41) is 12.2. The second-order valence-electron chi connectivity index (χ2n) is 6.59. The Bertz CT molecular complexity index is 846. The number of aromatic nitrogens is 3. The fourth-order valence-corrected chi connectivity index (χ4v) is 4.25. The molecular formula is C18H20N4O2S. The van der Waals surface area contributed by atoms with Crippen LogP contribution in [0.4, 0.5) is 5.69 Å². The van der Waals surface area contributed by atoms with Crippen LogP contribution in [0.25, 0.3) is 0 Å². The van der Waals surface area contributed by atoms with Crippen LogP contribution in [0.5, 0.6) is 0 Å². The Morgan fingerprint density at radius 2 is 2.20 bits per heavy atom. The number of ketones is 1. The standard InChI is InChI=1S/C18H20N4O2S/c1-11-13-9-12(6-7-14(13)19-17(11)24)15(23)10-25-18-21-20-16-5-3-2-4-8-22(16)18/h6-7,9,11H,2-5,8,10H2,1H3,(H,19,24)/t11-/m1/s1. The molecule has 1 aromatic carbocycles. The molecule has 0 spiro atoms. The summed E-state index contributed by atoms with van der Waals surface area (Å²) in [7, 11) is 0. The lowest BCUT2D eigenvalue weighted by molar-refractivity contribution is -0.116. The summed E-state index contributed by atoms with van der Waals surface area (Å²) in [5.41, 5.74) is 2.35. The monoisotopic (exact) mass is 356 g/mol. The molecule has 4 rings (SSSR count). The lowest BCUT2D eigenvalue weighted by atomic mass is 9.99. The molecule has 7 heteroatoms. The summed E-state index contributed by atoms with van der Waals surface area (Å²) in [6.45, 7) is 2.79. The van der Waals surface area contributed by atoms with Gasteiger partial charge in [-0.25, -0.2) is 0 Å². The first-order valence-corrected chi connectivity index (χ1v) is 9.65. The van der Waals surface area contributed by atoms with Crippen LogP contribution in [-0.2, 0) is 17.8 Å². The lowest BCUT2D eigenvalue weighted by Crippen LogP contribution is -2.08. The maximum atomic E-state index is 12.6. The summed E-state index contributed by atoms with van der Waals surface area (Å²) in [4.78, 5) is 24.3. The minimum Gasteiger partial charge on any atom is -0.325 e. The first-order chi connectivity index (χ1) is 12.1. The molecule has 0 bridgehead atoms. The van der Waals surface area contributed by atoms with E-state index in [4.69, 9.17) is 0 Å². The number of hydrogen-bond acceptors (Lipinski definition) is 5. The zero-order valence-corrected chi connectivity index (χ0v) is 14.9. The van der Waals surface area contributed by atoms with Gasteiger partial charge < -0.3 is 9.88 Å².